The zero-order valence-electron chi connectivity index (χ0n) is 6.97. The van der Waals surface area contributed by atoms with Crippen LogP contribution in [-0.4, -0.2) is 5.16 Å². The highest BCUT2D eigenvalue weighted by molar-refractivity contribution is 9.10. The second kappa shape index (κ2) is 3.31. The Labute approximate surface area is 89.0 Å². The molecule has 0 unspecified atom stereocenters. The zero-order valence-corrected chi connectivity index (χ0v) is 9.32. The molecule has 0 aliphatic rings. The van der Waals surface area contributed by atoms with Crippen molar-refractivity contribution in [2.24, 2.45) is 0 Å². The lowest BCUT2D eigenvalue weighted by atomic mass is 10.2. The number of benzene rings is 1. The Balaban J connectivity index is 2.77. The predicted molar refractivity (Wildman–Crippen MR) is 56.1 cm³/mol. The van der Waals surface area contributed by atoms with Crippen LogP contribution in [0.25, 0.3) is 10.9 Å². The molecule has 0 bridgehead atoms. The number of aromatic nitrogens is 1. The SMILES string of the molecule is CCc1onc2cc(Br)c(Cl)cc12. The molecule has 1 aromatic heterocycles. The van der Waals surface area contributed by atoms with Crippen LogP contribution in [0.5, 0.6) is 0 Å². The molecule has 13 heavy (non-hydrogen) atoms. The van der Waals surface area contributed by atoms with Crippen LogP contribution in [0.3, 0.4) is 0 Å². The summed E-state index contributed by atoms with van der Waals surface area (Å²) < 4.78 is 5.99. The number of halogens is 2. The van der Waals surface area contributed by atoms with E-state index in [1.54, 1.807) is 0 Å². The number of hydrogen-bond acceptors (Lipinski definition) is 2. The van der Waals surface area contributed by atoms with Crippen LogP contribution in [0, 0.1) is 0 Å². The maximum atomic E-state index is 5.96. The molecule has 68 valence electrons. The van der Waals surface area contributed by atoms with Gasteiger partial charge < -0.3 is 4.52 Å². The zero-order chi connectivity index (χ0) is 9.42. The van der Waals surface area contributed by atoms with E-state index in [0.29, 0.717) is 5.02 Å². The number of aryl methyl sites for hydroxylation is 1. The van der Waals surface area contributed by atoms with E-state index < -0.39 is 0 Å². The topological polar surface area (TPSA) is 26.0 Å². The van der Waals surface area contributed by atoms with Crippen molar-refractivity contribution in [3.63, 3.8) is 0 Å². The maximum Gasteiger partial charge on any atom is 0.144 e. The van der Waals surface area contributed by atoms with Crippen molar-refractivity contribution in [2.75, 3.05) is 0 Å². The number of rotatable bonds is 1. The third-order valence-electron chi connectivity index (χ3n) is 1.91. The first-order valence-electron chi connectivity index (χ1n) is 3.95. The molecule has 0 N–H and O–H groups in total. The first kappa shape index (κ1) is 9.03. The summed E-state index contributed by atoms with van der Waals surface area (Å²) in [6.07, 6.45) is 0.828. The molecule has 4 heteroatoms. The van der Waals surface area contributed by atoms with E-state index in [1.165, 1.54) is 0 Å². The average Bonchev–Trinajstić information content (AvgIpc) is 2.48. The molecule has 0 saturated carbocycles. The minimum absolute atomic E-state index is 0.686. The van der Waals surface area contributed by atoms with Gasteiger partial charge in [0.05, 0.1) is 5.02 Å². The maximum absolute atomic E-state index is 5.96. The monoisotopic (exact) mass is 259 g/mol. The smallest absolute Gasteiger partial charge is 0.144 e. The number of fused-ring (bicyclic) bond motifs is 1. The second-order valence-electron chi connectivity index (χ2n) is 2.74. The van der Waals surface area contributed by atoms with Gasteiger partial charge in [0.15, 0.2) is 0 Å². The standard InChI is InChI=1S/C9H7BrClNO/c1-2-9-5-3-7(11)6(10)4-8(5)12-13-9/h3-4H,2H2,1H3. The molecule has 0 saturated heterocycles. The molecule has 0 radical (unpaired) electrons. The summed E-state index contributed by atoms with van der Waals surface area (Å²) in [5.41, 5.74) is 0.841. The number of hydrogen-bond donors (Lipinski definition) is 0. The van der Waals surface area contributed by atoms with E-state index in [4.69, 9.17) is 16.1 Å². The van der Waals surface area contributed by atoms with E-state index >= 15 is 0 Å². The highest BCUT2D eigenvalue weighted by Gasteiger charge is 2.08. The molecule has 0 atom stereocenters. The van der Waals surface area contributed by atoms with Crippen LogP contribution >= 0.6 is 27.5 Å². The van der Waals surface area contributed by atoms with Crippen LogP contribution < -0.4 is 0 Å². The van der Waals surface area contributed by atoms with Crippen molar-refractivity contribution in [3.8, 4) is 0 Å². The average molecular weight is 261 g/mol. The summed E-state index contributed by atoms with van der Waals surface area (Å²) in [5.74, 6) is 0.879. The molecule has 2 aromatic rings. The Hall–Kier alpha value is -0.540. The van der Waals surface area contributed by atoms with Crippen molar-refractivity contribution in [1.29, 1.82) is 0 Å². The van der Waals surface area contributed by atoms with E-state index in [-0.39, 0.29) is 0 Å². The fraction of sp³-hybridized carbons (Fsp3) is 0.222. The Morgan fingerprint density at radius 2 is 2.31 bits per heavy atom. The molecule has 0 aliphatic heterocycles. The normalized spacial score (nSPS) is 11.0. The van der Waals surface area contributed by atoms with Gasteiger partial charge in [0.25, 0.3) is 0 Å². The highest BCUT2D eigenvalue weighted by atomic mass is 79.9. The van der Waals surface area contributed by atoms with Gasteiger partial charge in [-0.1, -0.05) is 23.7 Å². The van der Waals surface area contributed by atoms with Crippen LogP contribution in [0.2, 0.25) is 5.02 Å². The van der Waals surface area contributed by atoms with E-state index in [0.717, 1.165) is 27.6 Å². The highest BCUT2D eigenvalue weighted by Crippen LogP contribution is 2.29. The first-order chi connectivity index (χ1) is 6.22. The molecular weight excluding hydrogens is 253 g/mol. The minimum atomic E-state index is 0.686. The van der Waals surface area contributed by atoms with E-state index in [2.05, 4.69) is 21.1 Å². The van der Waals surface area contributed by atoms with Crippen molar-refractivity contribution < 1.29 is 4.52 Å². The summed E-state index contributed by atoms with van der Waals surface area (Å²) in [5, 5.41) is 5.61. The van der Waals surface area contributed by atoms with Crippen LogP contribution in [-0.2, 0) is 6.42 Å². The van der Waals surface area contributed by atoms with Gasteiger partial charge in [-0.05, 0) is 28.1 Å². The van der Waals surface area contributed by atoms with Gasteiger partial charge in [0.2, 0.25) is 0 Å². The van der Waals surface area contributed by atoms with Gasteiger partial charge in [-0.2, -0.15) is 0 Å². The van der Waals surface area contributed by atoms with E-state index in [1.807, 2.05) is 19.1 Å². The van der Waals surface area contributed by atoms with Gasteiger partial charge >= 0.3 is 0 Å². The lowest BCUT2D eigenvalue weighted by molar-refractivity contribution is 0.395. The summed E-state index contributed by atoms with van der Waals surface area (Å²) in [6.45, 7) is 2.02. The van der Waals surface area contributed by atoms with Gasteiger partial charge in [-0.3, -0.25) is 0 Å². The Morgan fingerprint density at radius 3 is 3.00 bits per heavy atom. The number of nitrogens with zero attached hydrogens (tertiary/aromatic N) is 1. The fourth-order valence-corrected chi connectivity index (χ4v) is 1.74. The largest absolute Gasteiger partial charge is 0.360 e. The van der Waals surface area contributed by atoms with Crippen molar-refractivity contribution >= 4 is 38.4 Å². The van der Waals surface area contributed by atoms with Gasteiger partial charge in [-0.15, -0.1) is 0 Å². The van der Waals surface area contributed by atoms with Gasteiger partial charge in [0, 0.05) is 16.3 Å². The second-order valence-corrected chi connectivity index (χ2v) is 4.00. The lowest BCUT2D eigenvalue weighted by Gasteiger charge is -1.94. The fourth-order valence-electron chi connectivity index (χ4n) is 1.24. The van der Waals surface area contributed by atoms with Crippen LogP contribution in [0.1, 0.15) is 12.7 Å². The van der Waals surface area contributed by atoms with Crippen molar-refractivity contribution in [2.45, 2.75) is 13.3 Å². The third-order valence-corrected chi connectivity index (χ3v) is 3.11. The molecule has 0 aliphatic carbocycles. The summed E-state index contributed by atoms with van der Waals surface area (Å²) in [6, 6.07) is 3.73. The van der Waals surface area contributed by atoms with Crippen molar-refractivity contribution in [3.05, 3.63) is 27.4 Å². The van der Waals surface area contributed by atoms with Gasteiger partial charge in [0.1, 0.15) is 11.3 Å². The molecule has 1 heterocycles. The summed E-state index contributed by atoms with van der Waals surface area (Å²) >= 11 is 9.29. The Kier molecular flexibility index (Phi) is 2.30. The molecule has 2 nitrogen and oxygen atoms in total. The summed E-state index contributed by atoms with van der Waals surface area (Å²) in [7, 11) is 0. The quantitative estimate of drug-likeness (QED) is 0.779. The van der Waals surface area contributed by atoms with Crippen LogP contribution in [0.4, 0.5) is 0 Å². The molecule has 0 spiro atoms. The first-order valence-corrected chi connectivity index (χ1v) is 5.12. The Morgan fingerprint density at radius 1 is 1.54 bits per heavy atom. The van der Waals surface area contributed by atoms with Gasteiger partial charge in [-0.25, -0.2) is 0 Å². The molecule has 0 fully saturated rings. The molecule has 0 amide bonds. The molecular formula is C9H7BrClNO. The lowest BCUT2D eigenvalue weighted by Crippen LogP contribution is -1.76. The molecule has 1 aromatic carbocycles. The minimum Gasteiger partial charge on any atom is -0.360 e. The predicted octanol–water partition coefficient (Wildman–Crippen LogP) is 3.81. The van der Waals surface area contributed by atoms with Crippen LogP contribution in [0.15, 0.2) is 21.1 Å². The Bertz CT molecular complexity index is 452. The molecule has 2 rings (SSSR count). The third kappa shape index (κ3) is 1.46. The summed E-state index contributed by atoms with van der Waals surface area (Å²) in [4.78, 5) is 0. The van der Waals surface area contributed by atoms with Crippen molar-refractivity contribution in [1.82, 2.24) is 5.16 Å². The van der Waals surface area contributed by atoms with E-state index in [9.17, 15) is 0 Å².